The van der Waals surface area contributed by atoms with E-state index < -0.39 is 11.5 Å². The Morgan fingerprint density at radius 2 is 1.77 bits per heavy atom. The van der Waals surface area contributed by atoms with Crippen molar-refractivity contribution in [3.8, 4) is 5.69 Å². The SMILES string of the molecule is NC(=O)c1cc(N=Nc2c(N)[nH]n(-c3ccccc3)c2=O)c(Cl)cc1Cl. The van der Waals surface area contributed by atoms with Crippen LogP contribution in [0.4, 0.5) is 17.2 Å². The van der Waals surface area contributed by atoms with E-state index in [0.29, 0.717) is 5.69 Å². The summed E-state index contributed by atoms with van der Waals surface area (Å²) in [4.78, 5) is 23.9. The number of hydrogen-bond donors (Lipinski definition) is 3. The van der Waals surface area contributed by atoms with Crippen molar-refractivity contribution < 1.29 is 4.79 Å². The van der Waals surface area contributed by atoms with Crippen molar-refractivity contribution in [2.24, 2.45) is 16.0 Å². The molecular formula is C16H12Cl2N6O2. The fraction of sp³-hybridized carbons (Fsp3) is 0. The Balaban J connectivity index is 2.03. The number of nitrogens with zero attached hydrogens (tertiary/aromatic N) is 3. The summed E-state index contributed by atoms with van der Waals surface area (Å²) in [6.45, 7) is 0. The molecule has 0 unspecified atom stereocenters. The molecule has 1 aromatic heterocycles. The molecule has 1 heterocycles. The van der Waals surface area contributed by atoms with Crippen molar-refractivity contribution in [2.45, 2.75) is 0 Å². The van der Waals surface area contributed by atoms with Crippen molar-refractivity contribution in [3.05, 3.63) is 68.4 Å². The Bertz CT molecular complexity index is 1070. The molecule has 0 saturated carbocycles. The maximum Gasteiger partial charge on any atom is 0.301 e. The molecule has 0 spiro atoms. The highest BCUT2D eigenvalue weighted by Crippen LogP contribution is 2.32. The van der Waals surface area contributed by atoms with E-state index in [9.17, 15) is 9.59 Å². The zero-order valence-electron chi connectivity index (χ0n) is 13.1. The number of anilines is 1. The Hall–Kier alpha value is -3.10. The average molecular weight is 391 g/mol. The molecule has 0 aliphatic carbocycles. The normalized spacial score (nSPS) is 11.2. The number of carbonyl (C=O) groups excluding carboxylic acids is 1. The third-order valence-electron chi connectivity index (χ3n) is 3.47. The number of primary amides is 1. The number of aromatic amines is 1. The Morgan fingerprint density at radius 1 is 1.08 bits per heavy atom. The molecule has 0 saturated heterocycles. The predicted molar refractivity (Wildman–Crippen MR) is 100.0 cm³/mol. The first kappa shape index (κ1) is 17.7. The minimum Gasteiger partial charge on any atom is -0.382 e. The van der Waals surface area contributed by atoms with Crippen molar-refractivity contribution in [3.63, 3.8) is 0 Å². The predicted octanol–water partition coefficient (Wildman–Crippen LogP) is 3.57. The number of halogens is 2. The van der Waals surface area contributed by atoms with E-state index in [1.54, 1.807) is 24.3 Å². The topological polar surface area (TPSA) is 132 Å². The van der Waals surface area contributed by atoms with Gasteiger partial charge in [-0.2, -0.15) is 0 Å². The Labute approximate surface area is 157 Å². The number of rotatable bonds is 4. The van der Waals surface area contributed by atoms with Gasteiger partial charge in [-0.15, -0.1) is 10.2 Å². The standard InChI is InChI=1S/C16H12Cl2N6O2/c17-10-7-11(18)12(6-9(10)15(20)25)21-22-13-14(19)23-24(16(13)26)8-4-2-1-3-5-8/h1-7,23H,19H2,(H2,20,25). The minimum atomic E-state index is -0.740. The van der Waals surface area contributed by atoms with Crippen LogP contribution < -0.4 is 17.0 Å². The molecule has 0 aliphatic rings. The zero-order valence-corrected chi connectivity index (χ0v) is 14.6. The van der Waals surface area contributed by atoms with Crippen LogP contribution in [0.3, 0.4) is 0 Å². The maximum absolute atomic E-state index is 12.5. The smallest absolute Gasteiger partial charge is 0.301 e. The lowest BCUT2D eigenvalue weighted by molar-refractivity contribution is 0.100. The first-order valence-electron chi connectivity index (χ1n) is 7.25. The van der Waals surface area contributed by atoms with Gasteiger partial charge >= 0.3 is 5.56 Å². The number of benzene rings is 2. The van der Waals surface area contributed by atoms with Gasteiger partial charge in [0.2, 0.25) is 5.91 Å². The molecule has 132 valence electrons. The van der Waals surface area contributed by atoms with Crippen LogP contribution in [-0.2, 0) is 0 Å². The number of nitrogens with two attached hydrogens (primary N) is 2. The molecule has 0 fully saturated rings. The van der Waals surface area contributed by atoms with Crippen molar-refractivity contribution in [2.75, 3.05) is 5.73 Å². The number of hydrogen-bond acceptors (Lipinski definition) is 5. The van der Waals surface area contributed by atoms with Gasteiger partial charge in [-0.1, -0.05) is 41.4 Å². The highest BCUT2D eigenvalue weighted by atomic mass is 35.5. The summed E-state index contributed by atoms with van der Waals surface area (Å²) in [5.41, 5.74) is 11.2. The Morgan fingerprint density at radius 3 is 2.42 bits per heavy atom. The quantitative estimate of drug-likeness (QED) is 0.588. The minimum absolute atomic E-state index is 0.0304. The summed E-state index contributed by atoms with van der Waals surface area (Å²) >= 11 is 11.9. The zero-order chi connectivity index (χ0) is 18.8. The summed E-state index contributed by atoms with van der Waals surface area (Å²) < 4.78 is 1.24. The summed E-state index contributed by atoms with van der Waals surface area (Å²) in [6.07, 6.45) is 0. The van der Waals surface area contributed by atoms with Gasteiger partial charge in [0, 0.05) is 0 Å². The van der Waals surface area contributed by atoms with E-state index in [2.05, 4.69) is 15.3 Å². The maximum atomic E-state index is 12.5. The first-order valence-corrected chi connectivity index (χ1v) is 8.00. The number of nitrogen functional groups attached to an aromatic ring is 1. The van der Waals surface area contributed by atoms with E-state index in [-0.39, 0.29) is 32.8 Å². The second-order valence-corrected chi connectivity index (χ2v) is 6.01. The van der Waals surface area contributed by atoms with Gasteiger partial charge < -0.3 is 11.5 Å². The molecule has 0 aliphatic heterocycles. The van der Waals surface area contributed by atoms with Crippen LogP contribution >= 0.6 is 23.2 Å². The monoisotopic (exact) mass is 390 g/mol. The summed E-state index contributed by atoms with van der Waals surface area (Å²) in [6, 6.07) is 11.4. The van der Waals surface area contributed by atoms with E-state index in [1.807, 2.05) is 6.07 Å². The first-order chi connectivity index (χ1) is 12.4. The number of para-hydroxylation sites is 1. The van der Waals surface area contributed by atoms with Gasteiger partial charge in [-0.25, -0.2) is 4.68 Å². The van der Waals surface area contributed by atoms with Crippen LogP contribution in [0.1, 0.15) is 10.4 Å². The van der Waals surface area contributed by atoms with Crippen LogP contribution in [0.25, 0.3) is 5.69 Å². The van der Waals surface area contributed by atoms with Gasteiger partial charge in [0.25, 0.3) is 0 Å². The molecule has 10 heteroatoms. The van der Waals surface area contributed by atoms with Crippen LogP contribution in [0.5, 0.6) is 0 Å². The lowest BCUT2D eigenvalue weighted by atomic mass is 10.2. The molecule has 0 bridgehead atoms. The van der Waals surface area contributed by atoms with Crippen molar-refractivity contribution in [1.82, 2.24) is 9.78 Å². The lowest BCUT2D eigenvalue weighted by Gasteiger charge is -2.02. The summed E-state index contributed by atoms with van der Waals surface area (Å²) in [5.74, 6) is -0.710. The number of azo groups is 1. The number of H-pyrrole nitrogens is 1. The Kier molecular flexibility index (Phi) is 4.79. The highest BCUT2D eigenvalue weighted by Gasteiger charge is 2.14. The number of amides is 1. The molecular weight excluding hydrogens is 379 g/mol. The fourth-order valence-electron chi connectivity index (χ4n) is 2.21. The third-order valence-corrected chi connectivity index (χ3v) is 4.08. The summed E-state index contributed by atoms with van der Waals surface area (Å²) in [7, 11) is 0. The molecule has 0 radical (unpaired) electrons. The summed E-state index contributed by atoms with van der Waals surface area (Å²) in [5, 5.41) is 10.7. The fourth-order valence-corrected chi connectivity index (χ4v) is 2.72. The highest BCUT2D eigenvalue weighted by molar-refractivity contribution is 6.38. The molecule has 5 N–H and O–H groups in total. The van der Waals surface area contributed by atoms with E-state index >= 15 is 0 Å². The van der Waals surface area contributed by atoms with E-state index in [4.69, 9.17) is 34.7 Å². The molecule has 8 nitrogen and oxygen atoms in total. The van der Waals surface area contributed by atoms with Crippen LogP contribution in [0.2, 0.25) is 10.0 Å². The van der Waals surface area contributed by atoms with Crippen molar-refractivity contribution >= 4 is 46.3 Å². The van der Waals surface area contributed by atoms with Gasteiger partial charge in [0.1, 0.15) is 11.5 Å². The average Bonchev–Trinajstić information content (AvgIpc) is 2.89. The number of aromatic nitrogens is 2. The van der Waals surface area contributed by atoms with E-state index in [0.717, 1.165) is 0 Å². The molecule has 2 aromatic carbocycles. The third kappa shape index (κ3) is 3.32. The molecule has 1 amide bonds. The largest absolute Gasteiger partial charge is 0.382 e. The second kappa shape index (κ2) is 7.03. The lowest BCUT2D eigenvalue weighted by Crippen LogP contribution is -2.13. The molecule has 0 atom stereocenters. The second-order valence-electron chi connectivity index (χ2n) is 5.20. The van der Waals surface area contributed by atoms with Gasteiger partial charge in [-0.3, -0.25) is 14.7 Å². The molecule has 26 heavy (non-hydrogen) atoms. The molecule has 3 aromatic rings. The van der Waals surface area contributed by atoms with Crippen molar-refractivity contribution in [1.29, 1.82) is 0 Å². The number of carbonyl (C=O) groups is 1. The number of nitrogens with one attached hydrogen (secondary N) is 1. The van der Waals surface area contributed by atoms with Gasteiger partial charge in [0.15, 0.2) is 5.69 Å². The van der Waals surface area contributed by atoms with Crippen LogP contribution in [-0.4, -0.2) is 15.7 Å². The van der Waals surface area contributed by atoms with E-state index in [1.165, 1.54) is 16.8 Å². The molecule has 3 rings (SSSR count). The van der Waals surface area contributed by atoms with Gasteiger partial charge in [0.05, 0.1) is 21.3 Å². The van der Waals surface area contributed by atoms with Crippen LogP contribution in [0.15, 0.2) is 57.5 Å². The van der Waals surface area contributed by atoms with Gasteiger partial charge in [-0.05, 0) is 24.3 Å². The van der Waals surface area contributed by atoms with Crippen LogP contribution in [0, 0.1) is 0 Å².